The highest BCUT2D eigenvalue weighted by atomic mass is 16.5. The van der Waals surface area contributed by atoms with Crippen LogP contribution in [-0.4, -0.2) is 78.4 Å². The molecule has 1 saturated heterocycles. The number of carbonyl (C=O) groups is 1. The highest BCUT2D eigenvalue weighted by molar-refractivity contribution is 5.76. The lowest BCUT2D eigenvalue weighted by molar-refractivity contribution is -0.134. The molecule has 1 amide bonds. The average molecular weight is 322 g/mol. The van der Waals surface area contributed by atoms with Gasteiger partial charge >= 0.3 is 0 Å². The minimum atomic E-state index is 0.00277. The molecule has 0 saturated carbocycles. The zero-order chi connectivity index (χ0) is 16.2. The molecule has 3 rings (SSSR count). The number of rotatable bonds is 5. The fourth-order valence-corrected chi connectivity index (χ4v) is 3.21. The Labute approximate surface area is 137 Å². The molecule has 0 aromatic carbocycles. The smallest absolute Gasteiger partial charge is 0.248 e. The molecule has 0 bridgehead atoms. The molecule has 1 aromatic rings. The van der Waals surface area contributed by atoms with Crippen molar-refractivity contribution in [2.75, 3.05) is 47.1 Å². The van der Waals surface area contributed by atoms with E-state index in [4.69, 9.17) is 9.47 Å². The van der Waals surface area contributed by atoms with Gasteiger partial charge in [-0.15, -0.1) is 0 Å². The molecule has 1 aromatic heterocycles. The van der Waals surface area contributed by atoms with Crippen molar-refractivity contribution in [2.45, 2.75) is 25.6 Å². The third-order valence-electron chi connectivity index (χ3n) is 4.59. The third kappa shape index (κ3) is 4.10. The Balaban J connectivity index is 1.61. The Morgan fingerprint density at radius 3 is 3.09 bits per heavy atom. The lowest BCUT2D eigenvalue weighted by Gasteiger charge is -2.28. The quantitative estimate of drug-likeness (QED) is 0.775. The van der Waals surface area contributed by atoms with Crippen molar-refractivity contribution >= 4 is 5.91 Å². The molecular weight excluding hydrogens is 296 g/mol. The van der Waals surface area contributed by atoms with Gasteiger partial charge in [0.05, 0.1) is 19.8 Å². The molecular formula is C16H26N4O3. The second kappa shape index (κ2) is 7.42. The van der Waals surface area contributed by atoms with E-state index < -0.39 is 0 Å². The van der Waals surface area contributed by atoms with Crippen LogP contribution in [-0.2, 0) is 27.4 Å². The van der Waals surface area contributed by atoms with Crippen LogP contribution in [0.15, 0.2) is 12.4 Å². The van der Waals surface area contributed by atoms with Crippen LogP contribution in [0.3, 0.4) is 0 Å². The van der Waals surface area contributed by atoms with Gasteiger partial charge in [-0.1, -0.05) is 0 Å². The van der Waals surface area contributed by atoms with E-state index in [0.717, 1.165) is 45.1 Å². The topological polar surface area (TPSA) is 59.8 Å². The number of ether oxygens (including phenoxy) is 2. The van der Waals surface area contributed by atoms with Crippen LogP contribution in [0, 0.1) is 5.92 Å². The molecule has 0 spiro atoms. The molecule has 3 heterocycles. The van der Waals surface area contributed by atoms with Crippen molar-refractivity contribution in [1.82, 2.24) is 19.4 Å². The molecule has 2 aliphatic rings. The number of likely N-dealkylation sites (N-methyl/N-ethyl adjacent to an activating group) is 1. The average Bonchev–Trinajstić information content (AvgIpc) is 3.16. The molecule has 0 radical (unpaired) electrons. The van der Waals surface area contributed by atoms with E-state index in [9.17, 15) is 4.79 Å². The summed E-state index contributed by atoms with van der Waals surface area (Å²) in [6.45, 7) is 5.06. The molecule has 2 atom stereocenters. The van der Waals surface area contributed by atoms with Gasteiger partial charge in [0.1, 0.15) is 12.4 Å². The highest BCUT2D eigenvalue weighted by Crippen LogP contribution is 2.21. The van der Waals surface area contributed by atoms with Crippen molar-refractivity contribution in [3.05, 3.63) is 18.2 Å². The zero-order valence-electron chi connectivity index (χ0n) is 14.0. The second-order valence-electron chi connectivity index (χ2n) is 6.61. The summed E-state index contributed by atoms with van der Waals surface area (Å²) in [6, 6.07) is 0.462. The first kappa shape index (κ1) is 16.4. The number of hydrogen-bond donors (Lipinski definition) is 0. The normalized spacial score (nSPS) is 25.1. The molecule has 128 valence electrons. The second-order valence-corrected chi connectivity index (χ2v) is 6.61. The van der Waals surface area contributed by atoms with Crippen LogP contribution in [0.4, 0.5) is 0 Å². The lowest BCUT2D eigenvalue weighted by Crippen LogP contribution is -2.39. The lowest BCUT2D eigenvalue weighted by atomic mass is 10.1. The SMILES string of the molecule is CN(C)C(=O)COCC1CN(C2CCOC2)Cc2nccn2C1. The van der Waals surface area contributed by atoms with Gasteiger partial charge in [0.2, 0.25) is 5.91 Å². The molecule has 1 fully saturated rings. The van der Waals surface area contributed by atoms with E-state index in [-0.39, 0.29) is 12.5 Å². The van der Waals surface area contributed by atoms with Crippen LogP contribution in [0.1, 0.15) is 12.2 Å². The Kier molecular flexibility index (Phi) is 5.30. The minimum Gasteiger partial charge on any atom is -0.380 e. The summed E-state index contributed by atoms with van der Waals surface area (Å²) >= 11 is 0. The maximum Gasteiger partial charge on any atom is 0.248 e. The van der Waals surface area contributed by atoms with E-state index >= 15 is 0 Å². The molecule has 7 nitrogen and oxygen atoms in total. The number of aromatic nitrogens is 2. The Morgan fingerprint density at radius 1 is 1.48 bits per heavy atom. The number of hydrogen-bond acceptors (Lipinski definition) is 5. The fraction of sp³-hybridized carbons (Fsp3) is 0.750. The first-order valence-electron chi connectivity index (χ1n) is 8.23. The monoisotopic (exact) mass is 322 g/mol. The zero-order valence-corrected chi connectivity index (χ0v) is 14.0. The van der Waals surface area contributed by atoms with Gasteiger partial charge in [0.15, 0.2) is 0 Å². The fourth-order valence-electron chi connectivity index (χ4n) is 3.21. The number of amides is 1. The predicted octanol–water partition coefficient (Wildman–Crippen LogP) is 0.209. The van der Waals surface area contributed by atoms with Gasteiger partial charge < -0.3 is 18.9 Å². The van der Waals surface area contributed by atoms with Crippen molar-refractivity contribution < 1.29 is 14.3 Å². The van der Waals surface area contributed by atoms with Gasteiger partial charge in [-0.25, -0.2) is 4.98 Å². The number of imidazole rings is 1. The maximum atomic E-state index is 11.6. The van der Waals surface area contributed by atoms with Crippen molar-refractivity contribution in [1.29, 1.82) is 0 Å². The Morgan fingerprint density at radius 2 is 2.35 bits per heavy atom. The highest BCUT2D eigenvalue weighted by Gasteiger charge is 2.29. The molecule has 2 unspecified atom stereocenters. The van der Waals surface area contributed by atoms with E-state index in [2.05, 4.69) is 14.5 Å². The number of carbonyl (C=O) groups excluding carboxylic acids is 1. The summed E-state index contributed by atoms with van der Waals surface area (Å²) in [6.07, 6.45) is 4.97. The standard InChI is InChI=1S/C16H26N4O3/c1-18(2)16(21)12-23-10-13-7-19-5-4-17-15(19)9-20(8-13)14-3-6-22-11-14/h4-5,13-14H,3,6-12H2,1-2H3. The van der Waals surface area contributed by atoms with Crippen LogP contribution >= 0.6 is 0 Å². The molecule has 0 aliphatic carbocycles. The van der Waals surface area contributed by atoms with E-state index in [1.807, 2.05) is 12.4 Å². The first-order chi connectivity index (χ1) is 11.1. The van der Waals surface area contributed by atoms with Gasteiger partial charge in [-0.3, -0.25) is 9.69 Å². The van der Waals surface area contributed by atoms with Gasteiger partial charge in [0.25, 0.3) is 0 Å². The largest absolute Gasteiger partial charge is 0.380 e. The van der Waals surface area contributed by atoms with Gasteiger partial charge in [-0.2, -0.15) is 0 Å². The summed E-state index contributed by atoms with van der Waals surface area (Å²) in [4.78, 5) is 20.1. The van der Waals surface area contributed by atoms with Crippen LogP contribution in [0.25, 0.3) is 0 Å². The summed E-state index contributed by atoms with van der Waals surface area (Å²) < 4.78 is 13.4. The third-order valence-corrected chi connectivity index (χ3v) is 4.59. The molecule has 0 N–H and O–H groups in total. The van der Waals surface area contributed by atoms with E-state index in [0.29, 0.717) is 18.6 Å². The molecule has 7 heteroatoms. The summed E-state index contributed by atoms with van der Waals surface area (Å²) in [5.41, 5.74) is 0. The predicted molar refractivity (Wildman–Crippen MR) is 84.9 cm³/mol. The minimum absolute atomic E-state index is 0.00277. The molecule has 2 aliphatic heterocycles. The van der Waals surface area contributed by atoms with E-state index in [1.165, 1.54) is 0 Å². The molecule has 23 heavy (non-hydrogen) atoms. The van der Waals surface area contributed by atoms with Crippen LogP contribution in [0.5, 0.6) is 0 Å². The van der Waals surface area contributed by atoms with Crippen molar-refractivity contribution in [3.8, 4) is 0 Å². The number of fused-ring (bicyclic) bond motifs is 1. The van der Waals surface area contributed by atoms with Crippen LogP contribution < -0.4 is 0 Å². The van der Waals surface area contributed by atoms with Gasteiger partial charge in [-0.05, 0) is 6.42 Å². The van der Waals surface area contributed by atoms with E-state index in [1.54, 1.807) is 19.0 Å². The van der Waals surface area contributed by atoms with Crippen LogP contribution in [0.2, 0.25) is 0 Å². The number of nitrogens with zero attached hydrogens (tertiary/aromatic N) is 4. The Hall–Kier alpha value is -1.44. The van der Waals surface area contributed by atoms with Crippen molar-refractivity contribution in [3.63, 3.8) is 0 Å². The summed E-state index contributed by atoms with van der Waals surface area (Å²) in [5.74, 6) is 1.45. The van der Waals surface area contributed by atoms with Crippen molar-refractivity contribution in [2.24, 2.45) is 5.92 Å². The summed E-state index contributed by atoms with van der Waals surface area (Å²) in [5, 5.41) is 0. The Bertz CT molecular complexity index is 525. The van der Waals surface area contributed by atoms with Gasteiger partial charge in [0, 0.05) is 58.1 Å². The first-order valence-corrected chi connectivity index (χ1v) is 8.23. The maximum absolute atomic E-state index is 11.6. The summed E-state index contributed by atoms with van der Waals surface area (Å²) in [7, 11) is 3.49.